The monoisotopic (exact) mass is 315 g/mol. The minimum atomic E-state index is -0.166. The predicted octanol–water partition coefficient (Wildman–Crippen LogP) is 3.48. The highest BCUT2D eigenvalue weighted by atomic mass is 19.1. The minimum absolute atomic E-state index is 0.166. The van der Waals surface area contributed by atoms with Crippen LogP contribution < -0.4 is 10.6 Å². The Hall–Kier alpha value is -2.53. The number of allylic oxidation sites excluding steroid dienone is 1. The molecule has 1 aromatic heterocycles. The SMILES string of the molecule is C=O.CNC(C)c1cccnc1.Fc1ccc2c(c1)CC=CN2. The van der Waals surface area contributed by atoms with Crippen molar-refractivity contribution in [2.45, 2.75) is 19.4 Å². The fourth-order valence-corrected chi connectivity index (χ4v) is 2.01. The minimum Gasteiger partial charge on any atom is -0.362 e. The molecule has 122 valence electrons. The van der Waals surface area contributed by atoms with E-state index in [1.807, 2.05) is 38.4 Å². The van der Waals surface area contributed by atoms with Gasteiger partial charge in [0.25, 0.3) is 0 Å². The molecular weight excluding hydrogens is 293 g/mol. The molecule has 0 amide bonds. The largest absolute Gasteiger partial charge is 0.362 e. The van der Waals surface area contributed by atoms with E-state index < -0.39 is 0 Å². The van der Waals surface area contributed by atoms with Crippen molar-refractivity contribution < 1.29 is 9.18 Å². The van der Waals surface area contributed by atoms with Gasteiger partial charge in [-0.3, -0.25) is 4.98 Å². The molecule has 1 aromatic carbocycles. The Morgan fingerprint density at radius 1 is 1.35 bits per heavy atom. The number of carbonyl (C=O) groups excluding carboxylic acids is 1. The third kappa shape index (κ3) is 6.00. The van der Waals surface area contributed by atoms with Gasteiger partial charge in [-0.15, -0.1) is 0 Å². The molecule has 1 aliphatic heterocycles. The Labute approximate surface area is 136 Å². The normalized spacial score (nSPS) is 12.5. The number of rotatable bonds is 2. The molecule has 2 N–H and O–H groups in total. The summed E-state index contributed by atoms with van der Waals surface area (Å²) < 4.78 is 12.6. The first-order chi connectivity index (χ1) is 11.2. The van der Waals surface area contributed by atoms with Crippen LogP contribution in [0.25, 0.3) is 0 Å². The molecule has 0 fully saturated rings. The zero-order chi connectivity index (χ0) is 17.1. The van der Waals surface area contributed by atoms with E-state index in [2.05, 4.69) is 28.6 Å². The molecule has 1 unspecified atom stereocenters. The van der Waals surface area contributed by atoms with Crippen LogP contribution in [0, 0.1) is 5.82 Å². The number of hydrogen-bond acceptors (Lipinski definition) is 4. The molecule has 0 aliphatic carbocycles. The number of halogens is 1. The fraction of sp³-hybridized carbons (Fsp3) is 0.222. The van der Waals surface area contributed by atoms with Crippen molar-refractivity contribution in [1.82, 2.24) is 10.3 Å². The number of benzene rings is 1. The summed E-state index contributed by atoms with van der Waals surface area (Å²) in [5.74, 6) is -0.166. The van der Waals surface area contributed by atoms with Gasteiger partial charge < -0.3 is 15.4 Å². The van der Waals surface area contributed by atoms with Crippen molar-refractivity contribution in [2.24, 2.45) is 0 Å². The first-order valence-electron chi connectivity index (χ1n) is 7.26. The third-order valence-electron chi connectivity index (χ3n) is 3.38. The van der Waals surface area contributed by atoms with Crippen LogP contribution in [-0.4, -0.2) is 18.8 Å². The highest BCUT2D eigenvalue weighted by Crippen LogP contribution is 2.20. The second-order valence-corrected chi connectivity index (χ2v) is 4.85. The van der Waals surface area contributed by atoms with E-state index in [9.17, 15) is 4.39 Å². The van der Waals surface area contributed by atoms with Crippen molar-refractivity contribution >= 4 is 12.5 Å². The molecule has 2 heterocycles. The maximum absolute atomic E-state index is 12.6. The fourth-order valence-electron chi connectivity index (χ4n) is 2.01. The lowest BCUT2D eigenvalue weighted by Gasteiger charge is -2.11. The smallest absolute Gasteiger partial charge is 0.123 e. The second kappa shape index (κ2) is 10.2. The highest BCUT2D eigenvalue weighted by molar-refractivity contribution is 5.56. The lowest BCUT2D eigenvalue weighted by atomic mass is 10.1. The molecule has 0 radical (unpaired) electrons. The Morgan fingerprint density at radius 3 is 2.78 bits per heavy atom. The molecule has 3 rings (SSSR count). The van der Waals surface area contributed by atoms with E-state index in [-0.39, 0.29) is 5.82 Å². The standard InChI is InChI=1S/C9H8FN.C8H12N2.CH2O/c10-8-3-4-9-7(6-8)2-1-5-11-9;1-7(9-2)8-4-3-5-10-6-8;1-2/h1,3-6,11H,2H2;3-7,9H,1-2H3;1H2. The summed E-state index contributed by atoms with van der Waals surface area (Å²) in [7, 11) is 1.94. The van der Waals surface area contributed by atoms with E-state index in [0.717, 1.165) is 17.7 Å². The van der Waals surface area contributed by atoms with Crippen LogP contribution >= 0.6 is 0 Å². The number of nitrogens with zero attached hydrogens (tertiary/aromatic N) is 1. The zero-order valence-electron chi connectivity index (χ0n) is 13.4. The summed E-state index contributed by atoms with van der Waals surface area (Å²) in [5, 5.41) is 6.18. The number of anilines is 1. The molecule has 0 spiro atoms. The molecule has 1 atom stereocenters. The topological polar surface area (TPSA) is 54.0 Å². The van der Waals surface area contributed by atoms with Gasteiger partial charge in [0, 0.05) is 24.1 Å². The first-order valence-corrected chi connectivity index (χ1v) is 7.26. The molecule has 4 nitrogen and oxygen atoms in total. The van der Waals surface area contributed by atoms with Crippen LogP contribution in [0.15, 0.2) is 55.0 Å². The van der Waals surface area contributed by atoms with Gasteiger partial charge in [0.1, 0.15) is 12.6 Å². The Kier molecular flexibility index (Phi) is 8.24. The van der Waals surface area contributed by atoms with Crippen molar-refractivity contribution in [3.05, 3.63) is 71.9 Å². The van der Waals surface area contributed by atoms with Gasteiger partial charge in [-0.05, 0) is 62.0 Å². The second-order valence-electron chi connectivity index (χ2n) is 4.85. The van der Waals surface area contributed by atoms with Crippen molar-refractivity contribution in [1.29, 1.82) is 0 Å². The summed E-state index contributed by atoms with van der Waals surface area (Å²) in [6.45, 7) is 4.11. The summed E-state index contributed by atoms with van der Waals surface area (Å²) in [6, 6.07) is 9.19. The number of fused-ring (bicyclic) bond motifs is 1. The van der Waals surface area contributed by atoms with Gasteiger partial charge in [-0.2, -0.15) is 0 Å². The van der Waals surface area contributed by atoms with Crippen LogP contribution in [0.5, 0.6) is 0 Å². The van der Waals surface area contributed by atoms with Crippen molar-refractivity contribution in [3.63, 3.8) is 0 Å². The van der Waals surface area contributed by atoms with Gasteiger partial charge in [0.2, 0.25) is 0 Å². The quantitative estimate of drug-likeness (QED) is 0.891. The van der Waals surface area contributed by atoms with Crippen LogP contribution in [0.3, 0.4) is 0 Å². The summed E-state index contributed by atoms with van der Waals surface area (Å²) in [4.78, 5) is 12.0. The van der Waals surface area contributed by atoms with Crippen molar-refractivity contribution in [2.75, 3.05) is 12.4 Å². The highest BCUT2D eigenvalue weighted by Gasteiger charge is 2.03. The number of aromatic nitrogens is 1. The van der Waals surface area contributed by atoms with Gasteiger partial charge in [-0.25, -0.2) is 4.39 Å². The molecule has 0 bridgehead atoms. The summed E-state index contributed by atoms with van der Waals surface area (Å²) in [5.41, 5.74) is 3.26. The van der Waals surface area contributed by atoms with E-state index >= 15 is 0 Å². The molecule has 2 aromatic rings. The number of pyridine rings is 1. The average molecular weight is 315 g/mol. The number of hydrogen-bond donors (Lipinski definition) is 2. The number of nitrogens with one attached hydrogen (secondary N) is 2. The third-order valence-corrected chi connectivity index (χ3v) is 3.38. The molecule has 1 aliphatic rings. The molecular formula is C18H22FN3O. The van der Waals surface area contributed by atoms with Gasteiger partial charge in [-0.1, -0.05) is 12.1 Å². The van der Waals surface area contributed by atoms with Crippen molar-refractivity contribution in [3.8, 4) is 0 Å². The first kappa shape index (κ1) is 18.5. The van der Waals surface area contributed by atoms with Crippen LogP contribution in [0.2, 0.25) is 0 Å². The Morgan fingerprint density at radius 2 is 2.13 bits per heavy atom. The maximum atomic E-state index is 12.6. The van der Waals surface area contributed by atoms with Crippen LogP contribution in [-0.2, 0) is 11.2 Å². The molecule has 5 heteroatoms. The summed E-state index contributed by atoms with van der Waals surface area (Å²) in [6.07, 6.45) is 8.33. The lowest BCUT2D eigenvalue weighted by molar-refractivity contribution is -0.0979. The lowest BCUT2D eigenvalue weighted by Crippen LogP contribution is -2.12. The summed E-state index contributed by atoms with van der Waals surface area (Å²) >= 11 is 0. The average Bonchev–Trinajstić information content (AvgIpc) is 2.64. The van der Waals surface area contributed by atoms with E-state index in [0.29, 0.717) is 6.04 Å². The maximum Gasteiger partial charge on any atom is 0.123 e. The Bertz CT molecular complexity index is 617. The van der Waals surface area contributed by atoms with Crippen LogP contribution in [0.4, 0.5) is 10.1 Å². The van der Waals surface area contributed by atoms with Crippen LogP contribution in [0.1, 0.15) is 24.1 Å². The van der Waals surface area contributed by atoms with Gasteiger partial charge in [0.05, 0.1) is 0 Å². The van der Waals surface area contributed by atoms with Gasteiger partial charge >= 0.3 is 0 Å². The molecule has 23 heavy (non-hydrogen) atoms. The molecule has 0 saturated carbocycles. The van der Waals surface area contributed by atoms with E-state index in [1.54, 1.807) is 18.3 Å². The zero-order valence-corrected chi connectivity index (χ0v) is 13.4. The Balaban J connectivity index is 0.000000209. The molecule has 0 saturated heterocycles. The van der Waals surface area contributed by atoms with E-state index in [4.69, 9.17) is 4.79 Å². The number of carbonyl (C=O) groups is 1. The predicted molar refractivity (Wildman–Crippen MR) is 91.7 cm³/mol. The van der Waals surface area contributed by atoms with Gasteiger partial charge in [0.15, 0.2) is 0 Å². The van der Waals surface area contributed by atoms with E-state index in [1.165, 1.54) is 11.6 Å².